The van der Waals surface area contributed by atoms with Crippen molar-refractivity contribution >= 4 is 58.3 Å². The van der Waals surface area contributed by atoms with Gasteiger partial charge in [-0.2, -0.15) is 0 Å². The summed E-state index contributed by atoms with van der Waals surface area (Å²) in [4.78, 5) is 0. The second kappa shape index (κ2) is 16.8. The van der Waals surface area contributed by atoms with E-state index >= 15 is 0 Å². The zero-order valence-electron chi connectivity index (χ0n) is 11.7. The monoisotopic (exact) mass is 392 g/mol. The molecule has 0 fully saturated rings. The van der Waals surface area contributed by atoms with Crippen LogP contribution in [-0.2, 0) is 54.2 Å². The van der Waals surface area contributed by atoms with Gasteiger partial charge in [-0.25, -0.2) is 0 Å². The van der Waals surface area contributed by atoms with Crippen LogP contribution in [0.2, 0.25) is 0 Å². The molecule has 0 saturated heterocycles. The topological polar surface area (TPSA) is 42.5 Å². The Hall–Kier alpha value is 0.763. The minimum atomic E-state index is -0.0185. The molecule has 9 heteroatoms. The Morgan fingerprint density at radius 2 is 1.21 bits per heavy atom. The molecule has 0 rings (SSSR count). The second-order valence-electron chi connectivity index (χ2n) is 3.13. The van der Waals surface area contributed by atoms with E-state index in [0.29, 0.717) is 8.64 Å². The summed E-state index contributed by atoms with van der Waals surface area (Å²) in [7, 11) is 3.24. The van der Waals surface area contributed by atoms with Crippen LogP contribution < -0.4 is 10.6 Å². The number of ether oxygens (including phenoxy) is 2. The molecule has 19 heavy (non-hydrogen) atoms. The fourth-order valence-corrected chi connectivity index (χ4v) is 1.44. The van der Waals surface area contributed by atoms with E-state index in [1.54, 1.807) is 14.2 Å². The zero-order chi connectivity index (χ0) is 14.6. The maximum Gasteiger partial charge on any atom is 2.00 e. The van der Waals surface area contributed by atoms with Crippen LogP contribution in [0, 0.1) is 0 Å². The van der Waals surface area contributed by atoms with Crippen LogP contribution in [0.5, 0.6) is 0 Å². The maximum absolute atomic E-state index is 4.94. The van der Waals surface area contributed by atoms with Crippen molar-refractivity contribution in [1.82, 2.24) is 10.6 Å². The molecule has 108 valence electrons. The Balaban J connectivity index is -0.000000256. The normalized spacial score (nSPS) is 12.0. The summed E-state index contributed by atoms with van der Waals surface area (Å²) < 4.78 is 10.6. The van der Waals surface area contributed by atoms with Crippen LogP contribution in [0.3, 0.4) is 0 Å². The molecular weight excluding hydrogens is 374 g/mol. The molecule has 0 aromatic carbocycles. The molecule has 0 aliphatic heterocycles. The van der Waals surface area contributed by atoms with E-state index in [-0.39, 0.29) is 31.9 Å². The average Bonchev–Trinajstić information content (AvgIpc) is 2.33. The minimum Gasteiger partial charge on any atom is -0.412 e. The van der Waals surface area contributed by atoms with Gasteiger partial charge in [0.15, 0.2) is 0 Å². The molecular formula is C10H20N2O2S4Zn. The van der Waals surface area contributed by atoms with Gasteiger partial charge in [-0.3, -0.25) is 0 Å². The Labute approximate surface area is 150 Å². The summed E-state index contributed by atoms with van der Waals surface area (Å²) >= 11 is 18.5. The van der Waals surface area contributed by atoms with Crippen LogP contribution in [0.4, 0.5) is 0 Å². The Kier molecular flexibility index (Phi) is 21.9. The molecule has 0 spiro atoms. The quantitative estimate of drug-likeness (QED) is 0.305. The molecule has 2 atom stereocenters. The number of nitrogens with one attached hydrogen (secondary N) is 2. The van der Waals surface area contributed by atoms with E-state index in [1.807, 2.05) is 13.8 Å². The average molecular weight is 394 g/mol. The van der Waals surface area contributed by atoms with E-state index < -0.39 is 0 Å². The van der Waals surface area contributed by atoms with Crippen molar-refractivity contribution < 1.29 is 29.0 Å². The van der Waals surface area contributed by atoms with Gasteiger partial charge in [0.2, 0.25) is 0 Å². The first-order valence-corrected chi connectivity index (χ1v) is 7.05. The van der Waals surface area contributed by atoms with Crippen molar-refractivity contribution in [2.24, 2.45) is 0 Å². The largest absolute Gasteiger partial charge is 2.00 e. The summed E-state index contributed by atoms with van der Waals surface area (Å²) in [6, 6.07) is 0. The number of thiocarbonyl (C=S) groups is 2. The summed E-state index contributed by atoms with van der Waals surface area (Å²) in [6.07, 6.45) is 1.70. The van der Waals surface area contributed by atoms with Gasteiger partial charge in [0.05, 0.1) is 0 Å². The smallest absolute Gasteiger partial charge is 0.412 e. The maximum atomic E-state index is 4.94. The van der Waals surface area contributed by atoms with E-state index in [9.17, 15) is 0 Å². The predicted octanol–water partition coefficient (Wildman–Crippen LogP) is 1.58. The number of hydrogen-bond donors (Lipinski definition) is 2. The molecule has 0 amide bonds. The van der Waals surface area contributed by atoms with Crippen molar-refractivity contribution in [1.29, 1.82) is 0 Å². The molecule has 0 aromatic rings. The Bertz CT molecular complexity index is 216. The third kappa shape index (κ3) is 18.8. The molecule has 0 aromatic heterocycles. The van der Waals surface area contributed by atoms with Crippen LogP contribution in [-0.4, -0.2) is 35.3 Å². The summed E-state index contributed by atoms with van der Waals surface area (Å²) in [6.45, 7) is 3.99. The van der Waals surface area contributed by atoms with Crippen molar-refractivity contribution in [3.05, 3.63) is 0 Å². The molecule has 0 radical (unpaired) electrons. The summed E-state index contributed by atoms with van der Waals surface area (Å²) in [5.41, 5.74) is 0. The Morgan fingerprint density at radius 1 is 0.947 bits per heavy atom. The number of rotatable bonds is 6. The van der Waals surface area contributed by atoms with Crippen molar-refractivity contribution in [2.45, 2.75) is 39.1 Å². The van der Waals surface area contributed by atoms with Crippen molar-refractivity contribution in [3.63, 3.8) is 0 Å². The molecule has 0 aliphatic rings. The molecule has 0 saturated carbocycles. The van der Waals surface area contributed by atoms with Gasteiger partial charge in [-0.1, -0.05) is 22.5 Å². The van der Waals surface area contributed by atoms with Gasteiger partial charge in [0.25, 0.3) is 0 Å². The minimum absolute atomic E-state index is 0. The van der Waals surface area contributed by atoms with Gasteiger partial charge < -0.3 is 69.8 Å². The third-order valence-corrected chi connectivity index (χ3v) is 2.34. The van der Waals surface area contributed by atoms with E-state index in [2.05, 4.69) is 60.3 Å². The predicted molar refractivity (Wildman–Crippen MR) is 88.4 cm³/mol. The van der Waals surface area contributed by atoms with Crippen LogP contribution in [0.25, 0.3) is 0 Å². The number of methoxy groups -OCH3 is 2. The molecule has 0 bridgehead atoms. The van der Waals surface area contributed by atoms with E-state index in [4.69, 9.17) is 9.47 Å². The fraction of sp³-hybridized carbons (Fsp3) is 0.800. The van der Waals surface area contributed by atoms with E-state index in [1.165, 1.54) is 0 Å². The molecule has 4 nitrogen and oxygen atoms in total. The Morgan fingerprint density at radius 3 is 1.26 bits per heavy atom. The van der Waals surface area contributed by atoms with Crippen molar-refractivity contribution in [3.8, 4) is 0 Å². The molecule has 2 N–H and O–H groups in total. The fourth-order valence-electron chi connectivity index (χ4n) is 0.918. The van der Waals surface area contributed by atoms with Crippen LogP contribution >= 0.6 is 24.4 Å². The molecule has 2 unspecified atom stereocenters. The standard InChI is InChI=1S/2C5H11NOS2.Zn/c2*1-3-4(7-2)6-5(8)9;/h2*4H,3H2,1-2H3,(H2,6,8,9);/q;;+2/p-2. The van der Waals surface area contributed by atoms with E-state index in [0.717, 1.165) is 12.8 Å². The zero-order valence-corrected chi connectivity index (χ0v) is 18.0. The second-order valence-corrected chi connectivity index (χ2v) is 5.28. The van der Waals surface area contributed by atoms with Crippen LogP contribution in [0.1, 0.15) is 26.7 Å². The SMILES string of the molecule is CCC(NC(=S)[S-])OC.CCC(NC(=S)[S-])OC.[Zn+2]. The summed E-state index contributed by atoms with van der Waals surface area (Å²) in [5.74, 6) is 0. The van der Waals surface area contributed by atoms with Gasteiger partial charge in [0.1, 0.15) is 12.5 Å². The third-order valence-electron chi connectivity index (χ3n) is 1.87. The van der Waals surface area contributed by atoms with Gasteiger partial charge in [0, 0.05) is 14.2 Å². The first kappa shape index (κ1) is 24.8. The first-order chi connectivity index (χ1) is 8.40. The van der Waals surface area contributed by atoms with Crippen LogP contribution in [0.15, 0.2) is 0 Å². The first-order valence-electron chi connectivity index (χ1n) is 5.41. The number of hydrogen-bond acceptors (Lipinski definition) is 6. The van der Waals surface area contributed by atoms with Crippen molar-refractivity contribution in [2.75, 3.05) is 14.2 Å². The summed E-state index contributed by atoms with van der Waals surface area (Å²) in [5, 5.41) is 5.61. The van der Waals surface area contributed by atoms with Gasteiger partial charge >= 0.3 is 19.5 Å². The van der Waals surface area contributed by atoms with Gasteiger partial charge in [-0.05, 0) is 12.8 Å². The van der Waals surface area contributed by atoms with Gasteiger partial charge in [-0.15, -0.1) is 0 Å². The molecule has 0 aliphatic carbocycles. The molecule has 0 heterocycles.